The van der Waals surface area contributed by atoms with Gasteiger partial charge in [0.15, 0.2) is 6.10 Å². The summed E-state index contributed by atoms with van der Waals surface area (Å²) in [6.07, 6.45) is 38.3. The number of hydrogen-bond donors (Lipinski definition) is 2. The van der Waals surface area contributed by atoms with Crippen molar-refractivity contribution in [2.24, 2.45) is 0 Å². The van der Waals surface area contributed by atoms with Gasteiger partial charge in [-0.2, -0.15) is 0 Å². The van der Waals surface area contributed by atoms with Crippen LogP contribution in [-0.2, 0) is 28.2 Å². The van der Waals surface area contributed by atoms with Gasteiger partial charge in [-0.05, 0) is 70.6 Å². The molecule has 1 atom stereocenters. The normalized spacial score (nSPS) is 13.0. The van der Waals surface area contributed by atoms with Crippen molar-refractivity contribution in [3.05, 3.63) is 48.6 Å². The van der Waals surface area contributed by atoms with Gasteiger partial charge in [-0.25, -0.2) is 4.57 Å². The zero-order chi connectivity index (χ0) is 34.0. The second-order valence-corrected chi connectivity index (χ2v) is 13.0. The van der Waals surface area contributed by atoms with Crippen molar-refractivity contribution in [2.75, 3.05) is 13.2 Å². The summed E-state index contributed by atoms with van der Waals surface area (Å²) >= 11 is 0. The Morgan fingerprint density at radius 3 is 1.59 bits per heavy atom. The van der Waals surface area contributed by atoms with Crippen LogP contribution in [0.25, 0.3) is 0 Å². The molecule has 0 saturated heterocycles. The number of rotatable bonds is 32. The fourth-order valence-corrected chi connectivity index (χ4v) is 5.03. The molecular formula is C37H65O8P. The number of esters is 2. The van der Waals surface area contributed by atoms with Crippen molar-refractivity contribution in [3.63, 3.8) is 0 Å². The topological polar surface area (TPSA) is 119 Å². The fourth-order valence-electron chi connectivity index (χ4n) is 4.67. The first kappa shape index (κ1) is 44.0. The molecule has 0 aromatic carbocycles. The van der Waals surface area contributed by atoms with E-state index in [0.717, 1.165) is 83.5 Å². The molecule has 0 fully saturated rings. The van der Waals surface area contributed by atoms with E-state index in [4.69, 9.17) is 19.3 Å². The molecule has 8 nitrogen and oxygen atoms in total. The van der Waals surface area contributed by atoms with Crippen LogP contribution in [0.15, 0.2) is 48.6 Å². The number of phosphoric acid groups is 1. The first-order valence-corrected chi connectivity index (χ1v) is 19.5. The highest BCUT2D eigenvalue weighted by atomic mass is 31.2. The van der Waals surface area contributed by atoms with Gasteiger partial charge in [0.2, 0.25) is 0 Å². The van der Waals surface area contributed by atoms with E-state index < -0.39 is 32.5 Å². The van der Waals surface area contributed by atoms with Crippen molar-refractivity contribution in [2.45, 2.75) is 161 Å². The molecule has 9 heteroatoms. The lowest BCUT2D eigenvalue weighted by Crippen LogP contribution is -2.29. The fraction of sp³-hybridized carbons (Fsp3) is 0.730. The van der Waals surface area contributed by atoms with Gasteiger partial charge < -0.3 is 19.3 Å². The predicted octanol–water partition coefficient (Wildman–Crippen LogP) is 10.4. The molecule has 0 aliphatic rings. The number of carbonyl (C=O) groups is 2. The Morgan fingerprint density at radius 2 is 1.04 bits per heavy atom. The summed E-state index contributed by atoms with van der Waals surface area (Å²) in [6.45, 7) is 3.51. The van der Waals surface area contributed by atoms with E-state index in [9.17, 15) is 14.2 Å². The van der Waals surface area contributed by atoms with Crippen LogP contribution in [0.4, 0.5) is 0 Å². The lowest BCUT2D eigenvalue weighted by molar-refractivity contribution is -0.161. The molecule has 266 valence electrons. The van der Waals surface area contributed by atoms with Crippen LogP contribution in [0, 0.1) is 0 Å². The SMILES string of the molecule is CC/C=C/C/C=C/C/C=C/CCCCCCCC(=O)O[C@H](COC(=O)CCCCCCC/C=C/CCCCCC)COP(=O)(O)O. The first-order chi connectivity index (χ1) is 22.3. The molecular weight excluding hydrogens is 603 g/mol. The summed E-state index contributed by atoms with van der Waals surface area (Å²) in [5.41, 5.74) is 0. The molecule has 0 heterocycles. The van der Waals surface area contributed by atoms with E-state index >= 15 is 0 Å². The zero-order valence-electron chi connectivity index (χ0n) is 29.0. The highest BCUT2D eigenvalue weighted by Gasteiger charge is 2.22. The molecule has 0 spiro atoms. The summed E-state index contributed by atoms with van der Waals surface area (Å²) in [7, 11) is -4.75. The van der Waals surface area contributed by atoms with E-state index in [2.05, 4.69) is 67.0 Å². The van der Waals surface area contributed by atoms with Gasteiger partial charge >= 0.3 is 19.8 Å². The molecule has 0 rings (SSSR count). The van der Waals surface area contributed by atoms with E-state index in [1.807, 2.05) is 0 Å². The van der Waals surface area contributed by atoms with Gasteiger partial charge in [-0.3, -0.25) is 14.1 Å². The zero-order valence-corrected chi connectivity index (χ0v) is 29.9. The van der Waals surface area contributed by atoms with Gasteiger partial charge in [0.1, 0.15) is 6.61 Å². The van der Waals surface area contributed by atoms with Crippen LogP contribution in [-0.4, -0.2) is 41.0 Å². The highest BCUT2D eigenvalue weighted by Crippen LogP contribution is 2.35. The number of ether oxygens (including phenoxy) is 2. The maximum atomic E-state index is 12.3. The van der Waals surface area contributed by atoms with Crippen LogP contribution in [0.2, 0.25) is 0 Å². The monoisotopic (exact) mass is 668 g/mol. The number of unbranched alkanes of at least 4 members (excludes halogenated alkanes) is 14. The second-order valence-electron chi connectivity index (χ2n) is 11.8. The maximum Gasteiger partial charge on any atom is 0.469 e. The summed E-state index contributed by atoms with van der Waals surface area (Å²) in [5.74, 6) is -0.919. The van der Waals surface area contributed by atoms with Gasteiger partial charge in [-0.15, -0.1) is 0 Å². The van der Waals surface area contributed by atoms with Crippen molar-refractivity contribution in [1.82, 2.24) is 0 Å². The first-order valence-electron chi connectivity index (χ1n) is 17.9. The molecule has 0 unspecified atom stereocenters. The van der Waals surface area contributed by atoms with Gasteiger partial charge in [0.25, 0.3) is 0 Å². The summed E-state index contributed by atoms with van der Waals surface area (Å²) in [4.78, 5) is 42.6. The van der Waals surface area contributed by atoms with Crippen molar-refractivity contribution in [3.8, 4) is 0 Å². The Hall–Kier alpha value is -1.99. The second kappa shape index (κ2) is 32.9. The largest absolute Gasteiger partial charge is 0.469 e. The molecule has 0 aromatic heterocycles. The third-order valence-corrected chi connectivity index (χ3v) is 7.82. The predicted molar refractivity (Wildman–Crippen MR) is 188 cm³/mol. The quantitative estimate of drug-likeness (QED) is 0.0315. The van der Waals surface area contributed by atoms with E-state index in [0.29, 0.717) is 12.8 Å². The minimum Gasteiger partial charge on any atom is -0.462 e. The third-order valence-electron chi connectivity index (χ3n) is 7.33. The molecule has 2 N–H and O–H groups in total. The number of carbonyl (C=O) groups excluding carboxylic acids is 2. The van der Waals surface area contributed by atoms with E-state index in [1.165, 1.54) is 32.1 Å². The highest BCUT2D eigenvalue weighted by molar-refractivity contribution is 7.46. The number of allylic oxidation sites excluding steroid dienone is 8. The standard InChI is InChI=1S/C37H65O8P/c1-3-5-7-9-11-13-15-17-18-20-22-24-26-28-30-32-37(39)45-35(34-44-46(40,41)42)33-43-36(38)31-29-27-25-23-21-19-16-14-12-10-8-6-4-2/h5,7,11,13-14,16-18,35H,3-4,6,8-10,12,15,19-34H2,1-2H3,(H2,40,41,42)/b7-5+,13-11+,16-14+,18-17+/t35-/m1/s1. The Kier molecular flexibility index (Phi) is 31.5. The molecule has 0 bridgehead atoms. The molecule has 0 aromatic rings. The summed E-state index contributed by atoms with van der Waals surface area (Å²) in [6, 6.07) is 0. The maximum absolute atomic E-state index is 12.3. The molecule has 46 heavy (non-hydrogen) atoms. The number of phosphoric ester groups is 1. The van der Waals surface area contributed by atoms with Crippen LogP contribution < -0.4 is 0 Å². The molecule has 0 aliphatic carbocycles. The summed E-state index contributed by atoms with van der Waals surface area (Å²) in [5, 5.41) is 0. The average Bonchev–Trinajstić information content (AvgIpc) is 3.02. The lowest BCUT2D eigenvalue weighted by Gasteiger charge is -2.18. The van der Waals surface area contributed by atoms with Crippen LogP contribution >= 0.6 is 7.82 Å². The Bertz CT molecular complexity index is 890. The van der Waals surface area contributed by atoms with Crippen LogP contribution in [0.1, 0.15) is 155 Å². The summed E-state index contributed by atoms with van der Waals surface area (Å²) < 4.78 is 26.2. The average molecular weight is 669 g/mol. The minimum absolute atomic E-state index is 0.189. The van der Waals surface area contributed by atoms with Gasteiger partial charge in [0.05, 0.1) is 6.61 Å². The lowest BCUT2D eigenvalue weighted by atomic mass is 10.1. The van der Waals surface area contributed by atoms with Crippen molar-refractivity contribution < 1.29 is 37.9 Å². The molecule has 0 radical (unpaired) electrons. The molecule has 0 amide bonds. The van der Waals surface area contributed by atoms with Gasteiger partial charge in [-0.1, -0.05) is 120 Å². The Balaban J connectivity index is 4.04. The van der Waals surface area contributed by atoms with Crippen molar-refractivity contribution >= 4 is 19.8 Å². The van der Waals surface area contributed by atoms with E-state index in [-0.39, 0.29) is 19.4 Å². The van der Waals surface area contributed by atoms with Crippen LogP contribution in [0.3, 0.4) is 0 Å². The van der Waals surface area contributed by atoms with Crippen LogP contribution in [0.5, 0.6) is 0 Å². The van der Waals surface area contributed by atoms with Crippen molar-refractivity contribution in [1.29, 1.82) is 0 Å². The van der Waals surface area contributed by atoms with Gasteiger partial charge in [0, 0.05) is 12.8 Å². The van der Waals surface area contributed by atoms with E-state index in [1.54, 1.807) is 0 Å². The third kappa shape index (κ3) is 34.9. The number of hydrogen-bond acceptors (Lipinski definition) is 6. The minimum atomic E-state index is -4.75. The molecule has 0 saturated carbocycles. The molecule has 0 aliphatic heterocycles. The Morgan fingerprint density at radius 1 is 0.587 bits per heavy atom. The Labute approximate surface area is 280 Å². The smallest absolute Gasteiger partial charge is 0.462 e.